The van der Waals surface area contributed by atoms with Crippen LogP contribution in [-0.2, 0) is 11.2 Å². The molecule has 0 aliphatic carbocycles. The van der Waals surface area contributed by atoms with E-state index in [1.165, 1.54) is 0 Å². The van der Waals surface area contributed by atoms with Crippen LogP contribution in [0.3, 0.4) is 0 Å². The number of terminal acetylenes is 1. The number of nitrogens with two attached hydrogens (primary N) is 2. The molecule has 0 bridgehead atoms. The zero-order valence-electron chi connectivity index (χ0n) is 10.1. The van der Waals surface area contributed by atoms with Crippen molar-refractivity contribution in [1.29, 1.82) is 0 Å². The van der Waals surface area contributed by atoms with E-state index < -0.39 is 11.9 Å². The third-order valence-corrected chi connectivity index (χ3v) is 2.39. The van der Waals surface area contributed by atoms with E-state index in [4.69, 9.17) is 22.6 Å². The lowest BCUT2D eigenvalue weighted by atomic mass is 10.1. The first-order valence-electron chi connectivity index (χ1n) is 5.55. The predicted octanol–water partition coefficient (Wildman–Crippen LogP) is -0.399. The van der Waals surface area contributed by atoms with E-state index in [0.29, 0.717) is 12.2 Å². The number of benzene rings is 1. The summed E-state index contributed by atoms with van der Waals surface area (Å²) >= 11 is 0. The number of ether oxygens (including phenoxy) is 1. The Bertz CT molecular complexity index is 423. The average molecular weight is 247 g/mol. The Hall–Kier alpha value is -2.03. The van der Waals surface area contributed by atoms with Gasteiger partial charge in [0.25, 0.3) is 0 Å². The molecule has 0 aliphatic rings. The van der Waals surface area contributed by atoms with Crippen molar-refractivity contribution in [2.45, 2.75) is 12.5 Å². The van der Waals surface area contributed by atoms with Gasteiger partial charge in [0, 0.05) is 6.67 Å². The maximum Gasteiger partial charge on any atom is 0.234 e. The highest BCUT2D eigenvalue weighted by Gasteiger charge is 2.14. The second kappa shape index (κ2) is 7.33. The lowest BCUT2D eigenvalue weighted by molar-refractivity contribution is -0.120. The number of primary amides is 1. The Morgan fingerprint density at radius 2 is 2.11 bits per heavy atom. The van der Waals surface area contributed by atoms with Gasteiger partial charge < -0.3 is 16.2 Å². The molecule has 1 aromatic rings. The third kappa shape index (κ3) is 4.45. The molecule has 1 atom stereocenters. The minimum Gasteiger partial charge on any atom is -0.481 e. The molecule has 1 amide bonds. The molecule has 0 fully saturated rings. The van der Waals surface area contributed by atoms with Gasteiger partial charge in [-0.15, -0.1) is 6.42 Å². The van der Waals surface area contributed by atoms with Gasteiger partial charge in [0.15, 0.2) is 0 Å². The molecule has 0 radical (unpaired) electrons. The number of amides is 1. The molecule has 0 saturated heterocycles. The zero-order valence-corrected chi connectivity index (χ0v) is 10.1. The second-order valence-electron chi connectivity index (χ2n) is 3.70. The molecule has 5 heteroatoms. The van der Waals surface area contributed by atoms with Gasteiger partial charge in [0.05, 0.1) is 6.04 Å². The summed E-state index contributed by atoms with van der Waals surface area (Å²) in [5, 5.41) is 2.82. The maximum atomic E-state index is 11.2. The van der Waals surface area contributed by atoms with Crippen LogP contribution in [0.25, 0.3) is 0 Å². The van der Waals surface area contributed by atoms with E-state index in [2.05, 4.69) is 11.2 Å². The summed E-state index contributed by atoms with van der Waals surface area (Å²) < 4.78 is 5.25. The minimum atomic E-state index is -0.465. The summed E-state index contributed by atoms with van der Waals surface area (Å²) in [6, 6.07) is 6.85. The lowest BCUT2D eigenvalue weighted by Crippen LogP contribution is -2.45. The van der Waals surface area contributed by atoms with Crippen LogP contribution in [0.5, 0.6) is 5.75 Å². The summed E-state index contributed by atoms with van der Waals surface area (Å²) in [6.45, 7) is 0.439. The largest absolute Gasteiger partial charge is 0.481 e. The number of carbonyl (C=O) groups is 1. The molecule has 0 unspecified atom stereocenters. The number of nitrogens with one attached hydrogen (secondary N) is 1. The highest BCUT2D eigenvalue weighted by atomic mass is 16.5. The van der Waals surface area contributed by atoms with E-state index in [-0.39, 0.29) is 13.3 Å². The summed E-state index contributed by atoms with van der Waals surface area (Å²) in [5.41, 5.74) is 11.6. The van der Waals surface area contributed by atoms with Gasteiger partial charge in [0.2, 0.25) is 5.91 Å². The van der Waals surface area contributed by atoms with Gasteiger partial charge in [-0.05, 0) is 24.1 Å². The summed E-state index contributed by atoms with van der Waals surface area (Å²) in [4.78, 5) is 11.2. The molecule has 0 aromatic heterocycles. The summed E-state index contributed by atoms with van der Waals surface area (Å²) in [6.07, 6.45) is 5.58. The van der Waals surface area contributed by atoms with Crippen LogP contribution in [0.4, 0.5) is 0 Å². The smallest absolute Gasteiger partial charge is 0.234 e. The molecular weight excluding hydrogens is 230 g/mol. The summed E-state index contributed by atoms with van der Waals surface area (Å²) in [5.74, 6) is 2.66. The van der Waals surface area contributed by atoms with Gasteiger partial charge >= 0.3 is 0 Å². The van der Waals surface area contributed by atoms with Gasteiger partial charge in [0.1, 0.15) is 12.4 Å². The first-order chi connectivity index (χ1) is 8.67. The molecule has 0 saturated carbocycles. The van der Waals surface area contributed by atoms with Crippen LogP contribution < -0.4 is 21.5 Å². The second-order valence-corrected chi connectivity index (χ2v) is 3.70. The molecule has 96 valence electrons. The number of hydrogen-bond acceptors (Lipinski definition) is 4. The van der Waals surface area contributed by atoms with Crippen molar-refractivity contribution in [2.75, 3.05) is 13.3 Å². The highest BCUT2D eigenvalue weighted by Crippen LogP contribution is 2.13. The van der Waals surface area contributed by atoms with E-state index in [1.54, 1.807) is 12.1 Å². The average Bonchev–Trinajstić information content (AvgIpc) is 2.37. The Labute approximate surface area is 106 Å². The van der Waals surface area contributed by atoms with Crippen molar-refractivity contribution >= 4 is 5.91 Å². The molecule has 5 nitrogen and oxygen atoms in total. The Balaban J connectivity index is 2.61. The molecule has 5 N–H and O–H groups in total. The standard InChI is InChI=1S/C13H17N3O2/c1-2-7-18-11-5-3-10(4-6-11)8-12(13(15)17)16-9-14/h1,3-6,12,16H,7-9,14H2,(H2,15,17)/t12-/m0/s1. The topological polar surface area (TPSA) is 90.4 Å². The van der Waals surface area contributed by atoms with E-state index in [1.807, 2.05) is 12.1 Å². The van der Waals surface area contributed by atoms with Crippen molar-refractivity contribution < 1.29 is 9.53 Å². The van der Waals surface area contributed by atoms with Crippen LogP contribution in [-0.4, -0.2) is 25.2 Å². The normalized spacial score (nSPS) is 11.6. The molecule has 0 spiro atoms. The lowest BCUT2D eigenvalue weighted by Gasteiger charge is -2.14. The van der Waals surface area contributed by atoms with Gasteiger partial charge in [-0.25, -0.2) is 0 Å². The van der Waals surface area contributed by atoms with Crippen LogP contribution in [0, 0.1) is 12.3 Å². The van der Waals surface area contributed by atoms with E-state index >= 15 is 0 Å². The van der Waals surface area contributed by atoms with Crippen LogP contribution in [0.15, 0.2) is 24.3 Å². The fraction of sp³-hybridized carbons (Fsp3) is 0.308. The van der Waals surface area contributed by atoms with Crippen LogP contribution in [0.1, 0.15) is 5.56 Å². The van der Waals surface area contributed by atoms with E-state index in [9.17, 15) is 4.79 Å². The van der Waals surface area contributed by atoms with Gasteiger partial charge in [-0.1, -0.05) is 18.1 Å². The summed E-state index contributed by atoms with van der Waals surface area (Å²) in [7, 11) is 0. The minimum absolute atomic E-state index is 0.205. The Morgan fingerprint density at radius 3 is 2.61 bits per heavy atom. The number of carbonyl (C=O) groups excluding carboxylic acids is 1. The van der Waals surface area contributed by atoms with Crippen molar-refractivity contribution in [3.8, 4) is 18.1 Å². The van der Waals surface area contributed by atoms with Crippen molar-refractivity contribution in [3.63, 3.8) is 0 Å². The maximum absolute atomic E-state index is 11.2. The van der Waals surface area contributed by atoms with Gasteiger partial charge in [-0.2, -0.15) is 0 Å². The number of hydrogen-bond donors (Lipinski definition) is 3. The van der Waals surface area contributed by atoms with Gasteiger partial charge in [-0.3, -0.25) is 10.1 Å². The van der Waals surface area contributed by atoms with Crippen LogP contribution >= 0.6 is 0 Å². The number of rotatable bonds is 7. The first kappa shape index (κ1) is 14.0. The molecular formula is C13H17N3O2. The molecule has 1 rings (SSSR count). The van der Waals surface area contributed by atoms with Crippen molar-refractivity contribution in [1.82, 2.24) is 5.32 Å². The molecule has 18 heavy (non-hydrogen) atoms. The third-order valence-electron chi connectivity index (χ3n) is 2.39. The predicted molar refractivity (Wildman–Crippen MR) is 69.6 cm³/mol. The fourth-order valence-corrected chi connectivity index (χ4v) is 1.50. The molecule has 0 aliphatic heterocycles. The van der Waals surface area contributed by atoms with Crippen LogP contribution in [0.2, 0.25) is 0 Å². The van der Waals surface area contributed by atoms with Crippen molar-refractivity contribution in [3.05, 3.63) is 29.8 Å². The molecule has 0 heterocycles. The Kier molecular flexibility index (Phi) is 5.71. The highest BCUT2D eigenvalue weighted by molar-refractivity contribution is 5.80. The molecule has 1 aromatic carbocycles. The SMILES string of the molecule is C#CCOc1ccc(C[C@H](NCN)C(N)=O)cc1. The quantitative estimate of drug-likeness (QED) is 0.452. The Morgan fingerprint density at radius 1 is 1.44 bits per heavy atom. The monoisotopic (exact) mass is 247 g/mol. The first-order valence-corrected chi connectivity index (χ1v) is 5.55. The van der Waals surface area contributed by atoms with Crippen molar-refractivity contribution in [2.24, 2.45) is 11.5 Å². The zero-order chi connectivity index (χ0) is 13.4. The van der Waals surface area contributed by atoms with E-state index in [0.717, 1.165) is 5.56 Å². The fourth-order valence-electron chi connectivity index (χ4n) is 1.50.